The van der Waals surface area contributed by atoms with Gasteiger partial charge in [-0.25, -0.2) is 0 Å². The highest BCUT2D eigenvalue weighted by molar-refractivity contribution is 5.83. The van der Waals surface area contributed by atoms with Crippen LogP contribution >= 0.6 is 0 Å². The number of likely N-dealkylation sites (tertiary alicyclic amines) is 1. The molecule has 98 valence electrons. The maximum atomic E-state index is 12.7. The second kappa shape index (κ2) is 4.97. The fourth-order valence-electron chi connectivity index (χ4n) is 3.32. The first-order valence-corrected chi connectivity index (χ1v) is 7.06. The molecule has 2 saturated heterocycles. The lowest BCUT2D eigenvalue weighted by Gasteiger charge is -2.39. The van der Waals surface area contributed by atoms with E-state index in [-0.39, 0.29) is 5.41 Å². The Balaban J connectivity index is 2.08. The van der Waals surface area contributed by atoms with Crippen molar-refractivity contribution in [1.82, 2.24) is 10.2 Å². The van der Waals surface area contributed by atoms with Gasteiger partial charge in [-0.15, -0.1) is 0 Å². The molecule has 3 nitrogen and oxygen atoms in total. The summed E-state index contributed by atoms with van der Waals surface area (Å²) >= 11 is 0. The minimum atomic E-state index is -0.157. The van der Waals surface area contributed by atoms with E-state index in [0.29, 0.717) is 17.9 Å². The summed E-state index contributed by atoms with van der Waals surface area (Å²) in [6, 6.07) is 0.473. The number of rotatable bonds is 2. The number of piperidine rings is 1. The zero-order chi connectivity index (χ0) is 12.5. The van der Waals surface area contributed by atoms with Gasteiger partial charge in [-0.2, -0.15) is 0 Å². The van der Waals surface area contributed by atoms with Crippen LogP contribution in [-0.2, 0) is 4.79 Å². The monoisotopic (exact) mass is 238 g/mol. The molecule has 1 amide bonds. The molecule has 0 aromatic rings. The lowest BCUT2D eigenvalue weighted by atomic mass is 9.81. The van der Waals surface area contributed by atoms with Crippen molar-refractivity contribution >= 4 is 5.91 Å². The molecule has 2 aliphatic heterocycles. The van der Waals surface area contributed by atoms with Gasteiger partial charge in [-0.05, 0) is 45.1 Å². The second-order valence-corrected chi connectivity index (χ2v) is 6.29. The topological polar surface area (TPSA) is 32.3 Å². The van der Waals surface area contributed by atoms with Crippen molar-refractivity contribution in [3.05, 3.63) is 0 Å². The van der Waals surface area contributed by atoms with E-state index < -0.39 is 0 Å². The molecule has 2 aliphatic rings. The first kappa shape index (κ1) is 12.9. The van der Waals surface area contributed by atoms with Gasteiger partial charge in [0.15, 0.2) is 0 Å². The molecule has 0 saturated carbocycles. The predicted molar refractivity (Wildman–Crippen MR) is 69.8 cm³/mol. The largest absolute Gasteiger partial charge is 0.339 e. The summed E-state index contributed by atoms with van der Waals surface area (Å²) < 4.78 is 0. The second-order valence-electron chi connectivity index (χ2n) is 6.29. The fourth-order valence-corrected chi connectivity index (χ4v) is 3.32. The molecule has 17 heavy (non-hydrogen) atoms. The highest BCUT2D eigenvalue weighted by atomic mass is 16.2. The number of hydrogen-bond donors (Lipinski definition) is 1. The maximum Gasteiger partial charge on any atom is 0.230 e. The van der Waals surface area contributed by atoms with Crippen LogP contribution < -0.4 is 5.32 Å². The Morgan fingerprint density at radius 3 is 2.76 bits per heavy atom. The number of nitrogens with zero attached hydrogens (tertiary/aromatic N) is 1. The van der Waals surface area contributed by atoms with Gasteiger partial charge in [0, 0.05) is 19.1 Å². The Morgan fingerprint density at radius 1 is 1.41 bits per heavy atom. The van der Waals surface area contributed by atoms with E-state index in [1.54, 1.807) is 0 Å². The minimum Gasteiger partial charge on any atom is -0.339 e. The van der Waals surface area contributed by atoms with Gasteiger partial charge in [-0.3, -0.25) is 4.79 Å². The number of nitrogens with one attached hydrogen (secondary N) is 1. The average Bonchev–Trinajstić information content (AvgIpc) is 2.77. The summed E-state index contributed by atoms with van der Waals surface area (Å²) in [5.74, 6) is 0.975. The van der Waals surface area contributed by atoms with Crippen LogP contribution in [-0.4, -0.2) is 36.5 Å². The zero-order valence-electron chi connectivity index (χ0n) is 11.5. The van der Waals surface area contributed by atoms with E-state index in [2.05, 4.69) is 31.0 Å². The normalized spacial score (nSPS) is 34.4. The molecule has 2 unspecified atom stereocenters. The molecule has 2 heterocycles. The smallest absolute Gasteiger partial charge is 0.230 e. The molecule has 0 aliphatic carbocycles. The third kappa shape index (κ3) is 2.49. The minimum absolute atomic E-state index is 0.157. The fraction of sp³-hybridized carbons (Fsp3) is 0.929. The number of amides is 1. The molecule has 1 N–H and O–H groups in total. The zero-order valence-corrected chi connectivity index (χ0v) is 11.5. The van der Waals surface area contributed by atoms with Crippen LogP contribution in [0.4, 0.5) is 0 Å². The lowest BCUT2D eigenvalue weighted by molar-refractivity contribution is -0.143. The van der Waals surface area contributed by atoms with Crippen LogP contribution in [0.25, 0.3) is 0 Å². The van der Waals surface area contributed by atoms with E-state index in [1.165, 1.54) is 12.8 Å². The van der Waals surface area contributed by atoms with Crippen molar-refractivity contribution < 1.29 is 4.79 Å². The molecular weight excluding hydrogens is 212 g/mol. The van der Waals surface area contributed by atoms with Crippen molar-refractivity contribution in [2.24, 2.45) is 11.3 Å². The molecule has 0 radical (unpaired) electrons. The molecule has 0 bridgehead atoms. The molecule has 2 atom stereocenters. The van der Waals surface area contributed by atoms with Crippen molar-refractivity contribution in [2.75, 3.05) is 19.6 Å². The van der Waals surface area contributed by atoms with Crippen LogP contribution in [0.3, 0.4) is 0 Å². The van der Waals surface area contributed by atoms with Gasteiger partial charge < -0.3 is 10.2 Å². The standard InChI is InChI=1S/C14H26N2O/c1-11(2)12-6-4-9-16(12)13(17)14(3)7-5-8-15-10-14/h11-12,15H,4-10H2,1-3H3. The summed E-state index contributed by atoms with van der Waals surface area (Å²) in [6.07, 6.45) is 4.54. The first-order chi connectivity index (χ1) is 8.04. The highest BCUT2D eigenvalue weighted by Gasteiger charge is 2.41. The third-order valence-corrected chi connectivity index (χ3v) is 4.44. The Hall–Kier alpha value is -0.570. The third-order valence-electron chi connectivity index (χ3n) is 4.44. The van der Waals surface area contributed by atoms with E-state index in [9.17, 15) is 4.79 Å². The van der Waals surface area contributed by atoms with Gasteiger partial charge in [0.2, 0.25) is 5.91 Å². The molecule has 2 rings (SSSR count). The van der Waals surface area contributed by atoms with Gasteiger partial charge in [-0.1, -0.05) is 13.8 Å². The number of carbonyl (C=O) groups is 1. The summed E-state index contributed by atoms with van der Waals surface area (Å²) in [6.45, 7) is 9.49. The summed E-state index contributed by atoms with van der Waals surface area (Å²) in [7, 11) is 0. The number of hydrogen-bond acceptors (Lipinski definition) is 2. The first-order valence-electron chi connectivity index (χ1n) is 7.06. The highest BCUT2D eigenvalue weighted by Crippen LogP contribution is 2.33. The van der Waals surface area contributed by atoms with Gasteiger partial charge >= 0.3 is 0 Å². The maximum absolute atomic E-state index is 12.7. The van der Waals surface area contributed by atoms with Crippen LogP contribution in [0.2, 0.25) is 0 Å². The Bertz CT molecular complexity index is 282. The van der Waals surface area contributed by atoms with E-state index in [1.807, 2.05) is 0 Å². The van der Waals surface area contributed by atoms with Gasteiger partial charge in [0.1, 0.15) is 0 Å². The van der Waals surface area contributed by atoms with Gasteiger partial charge in [0.25, 0.3) is 0 Å². The summed E-state index contributed by atoms with van der Waals surface area (Å²) in [4.78, 5) is 14.9. The Kier molecular flexibility index (Phi) is 3.76. The Labute approximate surface area is 105 Å². The van der Waals surface area contributed by atoms with E-state index >= 15 is 0 Å². The molecule has 2 fully saturated rings. The quantitative estimate of drug-likeness (QED) is 0.798. The van der Waals surface area contributed by atoms with Crippen molar-refractivity contribution in [1.29, 1.82) is 0 Å². The SMILES string of the molecule is CC(C)C1CCCN1C(=O)C1(C)CCCNC1. The molecule has 0 aromatic heterocycles. The predicted octanol–water partition coefficient (Wildman–Crippen LogP) is 2.02. The van der Waals surface area contributed by atoms with Crippen molar-refractivity contribution in [3.8, 4) is 0 Å². The molecule has 0 aromatic carbocycles. The van der Waals surface area contributed by atoms with E-state index in [4.69, 9.17) is 0 Å². The van der Waals surface area contributed by atoms with Gasteiger partial charge in [0.05, 0.1) is 5.41 Å². The molecule has 0 spiro atoms. The van der Waals surface area contributed by atoms with Crippen molar-refractivity contribution in [3.63, 3.8) is 0 Å². The summed E-state index contributed by atoms with van der Waals surface area (Å²) in [5.41, 5.74) is -0.157. The van der Waals surface area contributed by atoms with E-state index in [0.717, 1.165) is 32.5 Å². The molecular formula is C14H26N2O. The summed E-state index contributed by atoms with van der Waals surface area (Å²) in [5, 5.41) is 3.38. The number of carbonyl (C=O) groups excluding carboxylic acids is 1. The van der Waals surface area contributed by atoms with Crippen LogP contribution in [0.1, 0.15) is 46.5 Å². The average molecular weight is 238 g/mol. The van der Waals surface area contributed by atoms with Crippen molar-refractivity contribution in [2.45, 2.75) is 52.5 Å². The molecule has 3 heteroatoms. The van der Waals surface area contributed by atoms with Crippen LogP contribution in [0, 0.1) is 11.3 Å². The van der Waals surface area contributed by atoms with Crippen LogP contribution in [0.5, 0.6) is 0 Å². The Morgan fingerprint density at radius 2 is 2.18 bits per heavy atom. The lowest BCUT2D eigenvalue weighted by Crippen LogP contribution is -2.52. The van der Waals surface area contributed by atoms with Crippen LogP contribution in [0.15, 0.2) is 0 Å².